The van der Waals surface area contributed by atoms with Crippen LogP contribution < -0.4 is 30.8 Å². The molecule has 3 nitrogen and oxygen atoms in total. The van der Waals surface area contributed by atoms with Crippen LogP contribution in [-0.2, 0) is 5.41 Å². The van der Waals surface area contributed by atoms with Gasteiger partial charge in [-0.05, 0) is 79.7 Å². The van der Waals surface area contributed by atoms with Gasteiger partial charge in [0.05, 0.1) is 22.5 Å². The molecule has 0 radical (unpaired) electrons. The van der Waals surface area contributed by atoms with E-state index in [1.807, 2.05) is 0 Å². The second-order valence-electron chi connectivity index (χ2n) is 15.6. The average Bonchev–Trinajstić information content (AvgIpc) is 3.31. The van der Waals surface area contributed by atoms with Crippen molar-refractivity contribution in [2.45, 2.75) is 5.41 Å². The van der Waals surface area contributed by atoms with Crippen LogP contribution in [0.1, 0.15) is 22.3 Å². The van der Waals surface area contributed by atoms with Crippen molar-refractivity contribution >= 4 is 40.2 Å². The number of rotatable bonds is 5. The van der Waals surface area contributed by atoms with Crippen LogP contribution in [0.3, 0.4) is 0 Å². The summed E-state index contributed by atoms with van der Waals surface area (Å²) >= 11 is 0. The summed E-state index contributed by atoms with van der Waals surface area (Å²) in [6.45, 7) is -0.0686. The summed E-state index contributed by atoms with van der Waals surface area (Å²) in [5, 5.41) is 0. The summed E-state index contributed by atoms with van der Waals surface area (Å²) in [4.78, 5) is 2.40. The number of fused-ring (bicyclic) bond motifs is 6. The Bertz CT molecular complexity index is 2860. The summed E-state index contributed by atoms with van der Waals surface area (Å²) in [6.07, 6.45) is 0. The molecule has 0 fully saturated rings. The van der Waals surface area contributed by atoms with Crippen LogP contribution in [0.5, 0.6) is 23.0 Å². The van der Waals surface area contributed by atoms with Gasteiger partial charge in [0.15, 0.2) is 0 Å². The van der Waals surface area contributed by atoms with Crippen molar-refractivity contribution in [3.63, 3.8) is 0 Å². The van der Waals surface area contributed by atoms with E-state index in [2.05, 4.69) is 223 Å². The molecule has 276 valence electrons. The fourth-order valence-corrected chi connectivity index (χ4v) is 9.92. The van der Waals surface area contributed by atoms with Crippen molar-refractivity contribution in [3.8, 4) is 45.3 Å². The Morgan fingerprint density at radius 3 is 1.22 bits per heavy atom. The minimum Gasteiger partial charge on any atom is -0.458 e. The van der Waals surface area contributed by atoms with Gasteiger partial charge in [0.2, 0.25) is 0 Å². The van der Waals surface area contributed by atoms with Crippen molar-refractivity contribution < 1.29 is 9.47 Å². The Balaban J connectivity index is 1.09. The van der Waals surface area contributed by atoms with Crippen LogP contribution in [-0.4, -0.2) is 6.71 Å². The quantitative estimate of drug-likeness (QED) is 0.163. The lowest BCUT2D eigenvalue weighted by Crippen LogP contribution is -2.57. The molecule has 0 bridgehead atoms. The Morgan fingerprint density at radius 1 is 0.356 bits per heavy atom. The molecule has 0 aliphatic carbocycles. The second-order valence-corrected chi connectivity index (χ2v) is 15.6. The van der Waals surface area contributed by atoms with Crippen molar-refractivity contribution in [2.24, 2.45) is 0 Å². The first kappa shape index (κ1) is 33.6. The van der Waals surface area contributed by atoms with Crippen molar-refractivity contribution in [3.05, 3.63) is 241 Å². The van der Waals surface area contributed by atoms with Gasteiger partial charge < -0.3 is 14.4 Å². The number of anilines is 3. The monoisotopic (exact) mass is 753 g/mol. The first-order valence-electron chi connectivity index (χ1n) is 20.3. The molecular formula is C55H36BNO2. The molecule has 3 heterocycles. The van der Waals surface area contributed by atoms with E-state index >= 15 is 0 Å². The van der Waals surface area contributed by atoms with Crippen LogP contribution in [0, 0.1) is 0 Å². The molecule has 3 aliphatic rings. The van der Waals surface area contributed by atoms with Crippen LogP contribution in [0.2, 0.25) is 0 Å². The van der Waals surface area contributed by atoms with E-state index in [-0.39, 0.29) is 6.71 Å². The maximum atomic E-state index is 7.07. The smallest absolute Gasteiger partial charge is 0.260 e. The first-order valence-corrected chi connectivity index (χ1v) is 20.3. The van der Waals surface area contributed by atoms with Crippen LogP contribution in [0.15, 0.2) is 218 Å². The molecule has 0 saturated carbocycles. The zero-order valence-corrected chi connectivity index (χ0v) is 32.1. The molecule has 9 aromatic rings. The van der Waals surface area contributed by atoms with Gasteiger partial charge in [-0.25, -0.2) is 0 Å². The van der Waals surface area contributed by atoms with E-state index in [4.69, 9.17) is 9.47 Å². The fraction of sp³-hybridized carbons (Fsp3) is 0.0182. The number of hydrogen-bond donors (Lipinski definition) is 0. The number of hydrogen-bond acceptors (Lipinski definition) is 3. The summed E-state index contributed by atoms with van der Waals surface area (Å²) in [5.41, 5.74) is 15.3. The van der Waals surface area contributed by atoms with Gasteiger partial charge >= 0.3 is 0 Å². The van der Waals surface area contributed by atoms with Gasteiger partial charge in [-0.2, -0.15) is 0 Å². The molecule has 3 aliphatic heterocycles. The summed E-state index contributed by atoms with van der Waals surface area (Å²) in [5.74, 6) is 3.32. The molecule has 0 N–H and O–H groups in total. The van der Waals surface area contributed by atoms with Gasteiger partial charge in [-0.1, -0.05) is 182 Å². The molecule has 0 atom stereocenters. The normalized spacial score (nSPS) is 13.8. The second kappa shape index (κ2) is 13.3. The van der Waals surface area contributed by atoms with E-state index in [1.165, 1.54) is 22.3 Å². The predicted octanol–water partition coefficient (Wildman–Crippen LogP) is 11.9. The molecule has 59 heavy (non-hydrogen) atoms. The molecular weight excluding hydrogens is 717 g/mol. The Hall–Kier alpha value is -7.56. The van der Waals surface area contributed by atoms with Crippen molar-refractivity contribution in [1.29, 1.82) is 0 Å². The van der Waals surface area contributed by atoms with Crippen LogP contribution >= 0.6 is 0 Å². The SMILES string of the molecule is c1ccc(-c2ccc3c(c2)Oc2cc(N4c5ccccc5C(c5ccccc5)(c5ccccc5)c5ccccc54)cc4c2B3c2ccc(-c3ccccc3)cc2O4)cc1. The van der Waals surface area contributed by atoms with Crippen LogP contribution in [0.25, 0.3) is 22.3 Å². The maximum absolute atomic E-state index is 7.07. The predicted molar refractivity (Wildman–Crippen MR) is 242 cm³/mol. The van der Waals surface area contributed by atoms with Crippen LogP contribution in [0.4, 0.5) is 17.1 Å². The van der Waals surface area contributed by atoms with Gasteiger partial charge in [-0.15, -0.1) is 0 Å². The standard InChI is InChI=1S/C55H36BNO2/c1-5-17-37(18-6-1)39-29-31-46-50(33-39)58-52-35-43(36-53-54(52)56(46)47-32-30-40(34-51(47)59-53)38-19-7-2-8-20-38)57-48-27-15-13-25-44(48)55(41-21-9-3-10-22-41,42-23-11-4-12-24-42)45-26-14-16-28-49(45)57/h1-36H. The zero-order valence-electron chi connectivity index (χ0n) is 32.1. The van der Waals surface area contributed by atoms with Crippen molar-refractivity contribution in [2.75, 3.05) is 4.90 Å². The number of para-hydroxylation sites is 2. The third-order valence-electron chi connectivity index (χ3n) is 12.5. The van der Waals surface area contributed by atoms with E-state index in [0.717, 1.165) is 78.7 Å². The van der Waals surface area contributed by atoms with Gasteiger partial charge in [0.1, 0.15) is 23.0 Å². The Morgan fingerprint density at radius 2 is 0.763 bits per heavy atom. The first-order chi connectivity index (χ1) is 29.3. The lowest BCUT2D eigenvalue weighted by Gasteiger charge is -2.46. The third-order valence-corrected chi connectivity index (χ3v) is 12.5. The van der Waals surface area contributed by atoms with E-state index in [0.29, 0.717) is 0 Å². The fourth-order valence-electron chi connectivity index (χ4n) is 9.92. The highest BCUT2D eigenvalue weighted by Gasteiger charge is 2.47. The minimum absolute atomic E-state index is 0.0686. The molecule has 9 aromatic carbocycles. The minimum atomic E-state index is -0.563. The molecule has 0 saturated heterocycles. The van der Waals surface area contributed by atoms with E-state index < -0.39 is 5.41 Å². The third kappa shape index (κ3) is 5.09. The van der Waals surface area contributed by atoms with Crippen molar-refractivity contribution in [1.82, 2.24) is 0 Å². The lowest BCUT2D eigenvalue weighted by molar-refractivity contribution is 0.465. The average molecular weight is 754 g/mol. The lowest BCUT2D eigenvalue weighted by atomic mass is 9.34. The highest BCUT2D eigenvalue weighted by Crippen LogP contribution is 2.58. The highest BCUT2D eigenvalue weighted by molar-refractivity contribution is 6.98. The molecule has 4 heteroatoms. The molecule has 0 unspecified atom stereocenters. The molecule has 0 spiro atoms. The molecule has 12 rings (SSSR count). The number of benzene rings is 9. The van der Waals surface area contributed by atoms with E-state index in [1.54, 1.807) is 0 Å². The Kier molecular flexibility index (Phi) is 7.54. The summed E-state index contributed by atoms with van der Waals surface area (Å²) in [7, 11) is 0. The van der Waals surface area contributed by atoms with Gasteiger partial charge in [-0.3, -0.25) is 0 Å². The Labute approximate surface area is 344 Å². The maximum Gasteiger partial charge on any atom is 0.260 e. The number of nitrogens with zero attached hydrogens (tertiary/aromatic N) is 1. The topological polar surface area (TPSA) is 21.7 Å². The van der Waals surface area contributed by atoms with Gasteiger partial charge in [0.25, 0.3) is 6.71 Å². The van der Waals surface area contributed by atoms with E-state index in [9.17, 15) is 0 Å². The zero-order chi connectivity index (χ0) is 38.9. The molecule has 0 aromatic heterocycles. The largest absolute Gasteiger partial charge is 0.458 e. The highest BCUT2D eigenvalue weighted by atomic mass is 16.5. The molecule has 0 amide bonds. The van der Waals surface area contributed by atoms with Gasteiger partial charge in [0, 0.05) is 17.6 Å². The summed E-state index contributed by atoms with van der Waals surface area (Å²) < 4.78 is 14.1. The summed E-state index contributed by atoms with van der Waals surface area (Å²) in [6, 6.07) is 78.5. The number of ether oxygens (including phenoxy) is 2.